The number of morpholine rings is 1. The first-order valence-corrected chi connectivity index (χ1v) is 5.94. The van der Waals surface area contributed by atoms with E-state index in [0.717, 1.165) is 0 Å². The maximum atomic E-state index is 11.9. The highest BCUT2D eigenvalue weighted by molar-refractivity contribution is 5.76. The van der Waals surface area contributed by atoms with Crippen molar-refractivity contribution in [3.8, 4) is 0 Å². The molecule has 1 aliphatic heterocycles. The molecule has 0 unspecified atom stereocenters. The molecular formula is C12H21NO5. The van der Waals surface area contributed by atoms with E-state index in [1.165, 1.54) is 12.0 Å². The molecule has 2 atom stereocenters. The first-order valence-electron chi connectivity index (χ1n) is 5.94. The average molecular weight is 259 g/mol. The van der Waals surface area contributed by atoms with Crippen LogP contribution in [-0.4, -0.2) is 55.0 Å². The van der Waals surface area contributed by atoms with Crippen molar-refractivity contribution in [2.75, 3.05) is 20.2 Å². The normalized spacial score (nSPS) is 24.6. The van der Waals surface area contributed by atoms with Gasteiger partial charge in [-0.05, 0) is 27.7 Å². The van der Waals surface area contributed by atoms with Crippen LogP contribution in [0.1, 0.15) is 27.7 Å². The van der Waals surface area contributed by atoms with Crippen molar-refractivity contribution in [3.63, 3.8) is 0 Å². The second-order valence-corrected chi connectivity index (χ2v) is 5.34. The molecule has 0 N–H and O–H groups in total. The van der Waals surface area contributed by atoms with Crippen molar-refractivity contribution >= 4 is 12.1 Å². The van der Waals surface area contributed by atoms with Gasteiger partial charge in [0.05, 0.1) is 26.3 Å². The van der Waals surface area contributed by atoms with Gasteiger partial charge in [0.25, 0.3) is 0 Å². The molecule has 6 heteroatoms. The number of nitrogens with zero attached hydrogens (tertiary/aromatic N) is 1. The van der Waals surface area contributed by atoms with E-state index in [4.69, 9.17) is 9.47 Å². The summed E-state index contributed by atoms with van der Waals surface area (Å²) >= 11 is 0. The molecule has 1 saturated heterocycles. The summed E-state index contributed by atoms with van der Waals surface area (Å²) in [7, 11) is 1.29. The Bertz CT molecular complexity index is 323. The zero-order valence-electron chi connectivity index (χ0n) is 11.6. The van der Waals surface area contributed by atoms with Crippen LogP contribution in [0.2, 0.25) is 0 Å². The molecule has 1 aliphatic rings. The number of methoxy groups -OCH3 is 1. The third-order valence-electron chi connectivity index (χ3n) is 2.38. The van der Waals surface area contributed by atoms with Crippen LogP contribution < -0.4 is 0 Å². The topological polar surface area (TPSA) is 65.1 Å². The van der Waals surface area contributed by atoms with Gasteiger partial charge in [-0.1, -0.05) is 0 Å². The van der Waals surface area contributed by atoms with Gasteiger partial charge >= 0.3 is 12.1 Å². The molecule has 1 fully saturated rings. The molecule has 18 heavy (non-hydrogen) atoms. The first kappa shape index (κ1) is 14.8. The lowest BCUT2D eigenvalue weighted by Crippen LogP contribution is -2.53. The molecular weight excluding hydrogens is 238 g/mol. The summed E-state index contributed by atoms with van der Waals surface area (Å²) in [4.78, 5) is 24.8. The van der Waals surface area contributed by atoms with E-state index in [2.05, 4.69) is 4.74 Å². The van der Waals surface area contributed by atoms with E-state index in [1.54, 1.807) is 27.7 Å². The molecule has 1 amide bonds. The molecule has 0 saturated carbocycles. The van der Waals surface area contributed by atoms with Crippen LogP contribution in [-0.2, 0) is 19.0 Å². The average Bonchev–Trinajstić information content (AvgIpc) is 2.24. The number of carbonyl (C=O) groups excluding carboxylic acids is 2. The molecule has 1 rings (SSSR count). The monoisotopic (exact) mass is 259 g/mol. The number of carbonyl (C=O) groups is 2. The molecule has 0 radical (unpaired) electrons. The third-order valence-corrected chi connectivity index (χ3v) is 2.38. The summed E-state index contributed by atoms with van der Waals surface area (Å²) in [5, 5.41) is 0. The molecule has 0 aliphatic carbocycles. The molecule has 104 valence electrons. The lowest BCUT2D eigenvalue weighted by Gasteiger charge is -2.36. The lowest BCUT2D eigenvalue weighted by molar-refractivity contribution is -0.165. The number of hydrogen-bond donors (Lipinski definition) is 0. The summed E-state index contributed by atoms with van der Waals surface area (Å²) in [6, 6.07) is 0. The number of rotatable bonds is 1. The molecule has 1 heterocycles. The summed E-state index contributed by atoms with van der Waals surface area (Å²) in [6.45, 7) is 7.76. The minimum atomic E-state index is -0.744. The molecule has 0 spiro atoms. The molecule has 0 aromatic carbocycles. The van der Waals surface area contributed by atoms with Crippen LogP contribution in [0.5, 0.6) is 0 Å². The summed E-state index contributed by atoms with van der Waals surface area (Å²) in [5.74, 6) is -0.477. The van der Waals surface area contributed by atoms with E-state index in [1.807, 2.05) is 0 Å². The van der Waals surface area contributed by atoms with Crippen molar-refractivity contribution in [1.29, 1.82) is 0 Å². The van der Waals surface area contributed by atoms with Gasteiger partial charge in [0, 0.05) is 0 Å². The Morgan fingerprint density at radius 2 is 1.89 bits per heavy atom. The highest BCUT2D eigenvalue weighted by atomic mass is 16.6. The fourth-order valence-electron chi connectivity index (χ4n) is 1.69. The molecule has 0 aromatic heterocycles. The van der Waals surface area contributed by atoms with Gasteiger partial charge in [0.1, 0.15) is 5.60 Å². The Morgan fingerprint density at radius 3 is 2.39 bits per heavy atom. The number of ether oxygens (including phenoxy) is 3. The number of hydrogen-bond acceptors (Lipinski definition) is 5. The summed E-state index contributed by atoms with van der Waals surface area (Å²) in [5.41, 5.74) is -0.556. The zero-order chi connectivity index (χ0) is 13.9. The van der Waals surface area contributed by atoms with Gasteiger partial charge in [-0.25, -0.2) is 9.59 Å². The summed E-state index contributed by atoms with van der Waals surface area (Å²) in [6.07, 6.45) is -1.41. The second-order valence-electron chi connectivity index (χ2n) is 5.34. The zero-order valence-corrected chi connectivity index (χ0v) is 11.6. The Kier molecular flexibility index (Phi) is 4.56. The van der Waals surface area contributed by atoms with E-state index in [9.17, 15) is 9.59 Å². The van der Waals surface area contributed by atoms with Crippen molar-refractivity contribution in [2.24, 2.45) is 0 Å². The molecule has 6 nitrogen and oxygen atoms in total. The van der Waals surface area contributed by atoms with Crippen LogP contribution in [0.25, 0.3) is 0 Å². The maximum Gasteiger partial charge on any atom is 0.410 e. The minimum Gasteiger partial charge on any atom is -0.467 e. The highest BCUT2D eigenvalue weighted by Gasteiger charge is 2.35. The van der Waals surface area contributed by atoms with E-state index in [0.29, 0.717) is 6.54 Å². The smallest absolute Gasteiger partial charge is 0.410 e. The van der Waals surface area contributed by atoms with E-state index in [-0.39, 0.29) is 12.6 Å². The van der Waals surface area contributed by atoms with Crippen molar-refractivity contribution < 1.29 is 23.8 Å². The summed E-state index contributed by atoms with van der Waals surface area (Å²) < 4.78 is 15.3. The van der Waals surface area contributed by atoms with Gasteiger partial charge in [0.2, 0.25) is 0 Å². The highest BCUT2D eigenvalue weighted by Crippen LogP contribution is 2.16. The lowest BCUT2D eigenvalue weighted by atomic mass is 10.2. The van der Waals surface area contributed by atoms with Gasteiger partial charge in [-0.15, -0.1) is 0 Å². The van der Waals surface area contributed by atoms with E-state index >= 15 is 0 Å². The largest absolute Gasteiger partial charge is 0.467 e. The van der Waals surface area contributed by atoms with Crippen molar-refractivity contribution in [2.45, 2.75) is 45.5 Å². The van der Waals surface area contributed by atoms with Gasteiger partial charge in [-0.3, -0.25) is 0 Å². The minimum absolute atomic E-state index is 0.159. The molecule has 0 bridgehead atoms. The van der Waals surface area contributed by atoms with Gasteiger partial charge in [-0.2, -0.15) is 0 Å². The Labute approximate surface area is 107 Å². The third kappa shape index (κ3) is 4.18. The van der Waals surface area contributed by atoms with E-state index < -0.39 is 23.8 Å². The van der Waals surface area contributed by atoms with Gasteiger partial charge < -0.3 is 19.1 Å². The van der Waals surface area contributed by atoms with Crippen LogP contribution in [0.4, 0.5) is 4.79 Å². The SMILES string of the molecule is COC(=O)[C@@H]1CN(C(=O)OC(C)(C)C)C[C@@H](C)O1. The van der Waals surface area contributed by atoms with Crippen LogP contribution in [0, 0.1) is 0 Å². The first-order chi connectivity index (χ1) is 8.23. The number of amides is 1. The van der Waals surface area contributed by atoms with Crippen LogP contribution in [0.3, 0.4) is 0 Å². The Balaban J connectivity index is 2.66. The fraction of sp³-hybridized carbons (Fsp3) is 0.833. The van der Waals surface area contributed by atoms with Crippen molar-refractivity contribution in [1.82, 2.24) is 4.90 Å². The van der Waals surface area contributed by atoms with Crippen molar-refractivity contribution in [3.05, 3.63) is 0 Å². The molecule has 0 aromatic rings. The standard InChI is InChI=1S/C12H21NO5/c1-8-6-13(11(15)18-12(2,3)4)7-9(17-8)10(14)16-5/h8-9H,6-7H2,1-5H3/t8-,9+/m1/s1. The quantitative estimate of drug-likeness (QED) is 0.662. The van der Waals surface area contributed by atoms with Crippen LogP contribution >= 0.6 is 0 Å². The van der Waals surface area contributed by atoms with Crippen LogP contribution in [0.15, 0.2) is 0 Å². The Hall–Kier alpha value is -1.30. The predicted octanol–water partition coefficient (Wildman–Crippen LogP) is 1.18. The second kappa shape index (κ2) is 5.56. The number of esters is 1. The fourth-order valence-corrected chi connectivity index (χ4v) is 1.69. The Morgan fingerprint density at radius 1 is 1.28 bits per heavy atom. The predicted molar refractivity (Wildman–Crippen MR) is 64.2 cm³/mol. The maximum absolute atomic E-state index is 11.9. The van der Waals surface area contributed by atoms with Gasteiger partial charge in [0.15, 0.2) is 6.10 Å².